The van der Waals surface area contributed by atoms with E-state index in [1.165, 1.54) is 19.9 Å². The zero-order chi connectivity index (χ0) is 38.4. The van der Waals surface area contributed by atoms with Crippen molar-refractivity contribution < 1.29 is 64.0 Å². The molecule has 13 heteroatoms. The van der Waals surface area contributed by atoms with Crippen molar-refractivity contribution in [3.8, 4) is 0 Å². The summed E-state index contributed by atoms with van der Waals surface area (Å²) in [5.41, 5.74) is -6.62. The van der Waals surface area contributed by atoms with Gasteiger partial charge < -0.3 is 44.8 Å². The van der Waals surface area contributed by atoms with Crippen molar-refractivity contribution in [3.05, 3.63) is 35.6 Å². The highest BCUT2D eigenvalue weighted by Gasteiger charge is 2.74. The van der Waals surface area contributed by atoms with E-state index in [0.717, 1.165) is 6.08 Å². The minimum absolute atomic E-state index is 0.0841. The standard InChI is InChI=1S/C38H54O13/c1-18(40)51-33(2,3)13-12-25(42)38(9,48)30-21(41)15-35(6)24-11-10-19-20(37(24,8)26(43)16-36(30,35)7)14-22(31(47)34(19,4)5)49-32-29(46)28(45)27(44)23(17-39)50-32/h10,12-14,20-21,23-24,27-30,32,39,41,44-46,48H,11,15-17H2,1-9H3/b13-12+/t20?,21-,23?,24?,27-,28?,29+,30?,32-,35+,36-,37+,38?/m1/s1. The van der Waals surface area contributed by atoms with Gasteiger partial charge in [-0.3, -0.25) is 19.2 Å². The highest BCUT2D eigenvalue weighted by Crippen LogP contribution is 2.73. The molecule has 13 nitrogen and oxygen atoms in total. The Balaban J connectivity index is 1.52. The molecule has 0 amide bonds. The van der Waals surface area contributed by atoms with E-state index in [0.29, 0.717) is 12.0 Å². The van der Waals surface area contributed by atoms with Crippen molar-refractivity contribution in [3.63, 3.8) is 0 Å². The lowest BCUT2D eigenvalue weighted by Crippen LogP contribution is -2.64. The lowest BCUT2D eigenvalue weighted by atomic mass is 9.39. The van der Waals surface area contributed by atoms with Crippen LogP contribution < -0.4 is 0 Å². The van der Waals surface area contributed by atoms with Gasteiger partial charge >= 0.3 is 5.97 Å². The van der Waals surface area contributed by atoms with Crippen molar-refractivity contribution in [2.45, 2.75) is 130 Å². The van der Waals surface area contributed by atoms with Crippen LogP contribution in [0.3, 0.4) is 0 Å². The van der Waals surface area contributed by atoms with Crippen LogP contribution in [0, 0.1) is 39.4 Å². The number of ether oxygens (including phenoxy) is 3. The average Bonchev–Trinajstić information content (AvgIpc) is 3.22. The monoisotopic (exact) mass is 718 g/mol. The molecular formula is C38H54O13. The van der Waals surface area contributed by atoms with Crippen LogP contribution in [0.4, 0.5) is 0 Å². The minimum Gasteiger partial charge on any atom is -0.459 e. The Bertz CT molecular complexity index is 1570. The predicted molar refractivity (Wildman–Crippen MR) is 180 cm³/mol. The van der Waals surface area contributed by atoms with Crippen molar-refractivity contribution in [1.29, 1.82) is 0 Å². The Morgan fingerprint density at radius 2 is 1.63 bits per heavy atom. The van der Waals surface area contributed by atoms with Crippen molar-refractivity contribution in [1.82, 2.24) is 0 Å². The molecule has 6 unspecified atom stereocenters. The van der Waals surface area contributed by atoms with Crippen LogP contribution in [0.2, 0.25) is 0 Å². The van der Waals surface area contributed by atoms with Crippen LogP contribution in [-0.2, 0) is 33.4 Å². The SMILES string of the molecule is CC(=O)OC(C)(C)/C=C/C(=O)C(C)(O)C1[C@H](O)C[C@@]2(C)C3CC=C4C(C=C(O[C@@H]5OC(CO)[C@@H](O)C(O)[C@@H]5O)C(=O)C4(C)C)[C@]3(C)C(=O)C[C@]12C. The molecule has 0 aromatic carbocycles. The molecule has 5 rings (SSSR count). The maximum atomic E-state index is 14.8. The van der Waals surface area contributed by atoms with Crippen LogP contribution in [0.1, 0.15) is 81.6 Å². The van der Waals surface area contributed by atoms with E-state index in [-0.39, 0.29) is 24.4 Å². The van der Waals surface area contributed by atoms with Crippen LogP contribution >= 0.6 is 0 Å². The summed E-state index contributed by atoms with van der Waals surface area (Å²) < 4.78 is 16.7. The van der Waals surface area contributed by atoms with E-state index in [4.69, 9.17) is 14.2 Å². The lowest BCUT2D eigenvalue weighted by molar-refractivity contribution is -0.291. The number of aliphatic hydroxyl groups is 6. The fourth-order valence-corrected chi connectivity index (χ4v) is 10.3. The third-order valence-electron chi connectivity index (χ3n) is 13.3. The molecule has 284 valence electrons. The van der Waals surface area contributed by atoms with Gasteiger partial charge in [0.15, 0.2) is 11.5 Å². The van der Waals surface area contributed by atoms with Crippen LogP contribution in [-0.4, -0.2) is 109 Å². The summed E-state index contributed by atoms with van der Waals surface area (Å²) in [6.07, 6.45) is -2.57. The number of allylic oxidation sites excluding steroid dienone is 4. The van der Waals surface area contributed by atoms with Crippen molar-refractivity contribution in [2.24, 2.45) is 39.4 Å². The molecule has 13 atom stereocenters. The van der Waals surface area contributed by atoms with Gasteiger partial charge in [-0.25, -0.2) is 0 Å². The smallest absolute Gasteiger partial charge is 0.303 e. The molecule has 3 fully saturated rings. The first-order valence-corrected chi connectivity index (χ1v) is 17.6. The Morgan fingerprint density at radius 1 is 1.00 bits per heavy atom. The highest BCUT2D eigenvalue weighted by molar-refractivity contribution is 6.02. The minimum atomic E-state index is -2.09. The number of rotatable bonds is 8. The summed E-state index contributed by atoms with van der Waals surface area (Å²) in [7, 11) is 0. The van der Waals surface area contributed by atoms with E-state index in [2.05, 4.69) is 0 Å². The largest absolute Gasteiger partial charge is 0.459 e. The first kappa shape index (κ1) is 39.4. The molecule has 0 bridgehead atoms. The molecule has 0 aromatic heterocycles. The Labute approximate surface area is 298 Å². The number of carbonyl (C=O) groups is 4. The molecule has 5 aliphatic rings. The van der Waals surface area contributed by atoms with Crippen LogP contribution in [0.5, 0.6) is 0 Å². The highest BCUT2D eigenvalue weighted by atomic mass is 16.7. The zero-order valence-corrected chi connectivity index (χ0v) is 30.9. The third kappa shape index (κ3) is 5.87. The van der Waals surface area contributed by atoms with E-state index in [1.807, 2.05) is 26.8 Å². The second kappa shape index (κ2) is 12.7. The van der Waals surface area contributed by atoms with Gasteiger partial charge in [-0.2, -0.15) is 0 Å². The summed E-state index contributed by atoms with van der Waals surface area (Å²) in [5, 5.41) is 64.6. The summed E-state index contributed by atoms with van der Waals surface area (Å²) in [5.74, 6) is -4.17. The van der Waals surface area contributed by atoms with Gasteiger partial charge in [0.05, 0.1) is 18.1 Å². The van der Waals surface area contributed by atoms with E-state index in [9.17, 15) is 49.8 Å². The number of esters is 1. The molecule has 2 saturated carbocycles. The molecule has 0 aromatic rings. The Morgan fingerprint density at radius 3 is 2.22 bits per heavy atom. The molecule has 0 radical (unpaired) electrons. The summed E-state index contributed by atoms with van der Waals surface area (Å²) in [4.78, 5) is 53.9. The Kier molecular flexibility index (Phi) is 9.80. The van der Waals surface area contributed by atoms with Gasteiger partial charge in [-0.05, 0) is 82.4 Å². The summed E-state index contributed by atoms with van der Waals surface area (Å²) in [6.45, 7) is 14.2. The normalized spacial score (nSPS) is 43.3. The Hall–Kier alpha value is -2.78. The molecule has 1 aliphatic heterocycles. The predicted octanol–water partition coefficient (Wildman–Crippen LogP) is 1.45. The van der Waals surface area contributed by atoms with Gasteiger partial charge in [0.1, 0.15) is 41.4 Å². The molecular weight excluding hydrogens is 664 g/mol. The number of carbonyl (C=O) groups excluding carboxylic acids is 4. The lowest BCUT2D eigenvalue weighted by Gasteiger charge is -2.63. The quantitative estimate of drug-likeness (QED) is 0.119. The van der Waals surface area contributed by atoms with E-state index >= 15 is 0 Å². The first-order chi connectivity index (χ1) is 23.3. The van der Waals surface area contributed by atoms with Gasteiger partial charge in [-0.1, -0.05) is 32.4 Å². The first-order valence-electron chi connectivity index (χ1n) is 17.6. The van der Waals surface area contributed by atoms with Gasteiger partial charge in [0.25, 0.3) is 0 Å². The third-order valence-corrected chi connectivity index (χ3v) is 13.3. The van der Waals surface area contributed by atoms with Gasteiger partial charge in [0.2, 0.25) is 12.1 Å². The number of aliphatic hydroxyl groups excluding tert-OH is 5. The molecule has 4 aliphatic carbocycles. The van der Waals surface area contributed by atoms with E-state index < -0.39 is 112 Å². The van der Waals surface area contributed by atoms with Crippen molar-refractivity contribution in [2.75, 3.05) is 6.61 Å². The molecule has 1 heterocycles. The fourth-order valence-electron chi connectivity index (χ4n) is 10.3. The van der Waals surface area contributed by atoms with Gasteiger partial charge in [-0.15, -0.1) is 0 Å². The molecule has 1 saturated heterocycles. The molecule has 6 N–H and O–H groups in total. The van der Waals surface area contributed by atoms with Crippen molar-refractivity contribution >= 4 is 23.3 Å². The number of fused-ring (bicyclic) bond motifs is 5. The number of ketones is 3. The summed E-state index contributed by atoms with van der Waals surface area (Å²) >= 11 is 0. The maximum absolute atomic E-state index is 14.8. The molecule has 51 heavy (non-hydrogen) atoms. The topological polar surface area (TPSA) is 217 Å². The average molecular weight is 719 g/mol. The number of Topliss-reactive ketones (excluding diaryl/α,β-unsaturated/α-hetero) is 2. The molecule has 0 spiro atoms. The number of hydrogen-bond acceptors (Lipinski definition) is 13. The van der Waals surface area contributed by atoms with Gasteiger partial charge in [0, 0.05) is 30.6 Å². The second-order valence-electron chi connectivity index (χ2n) is 17.2. The second-order valence-corrected chi connectivity index (χ2v) is 17.2. The maximum Gasteiger partial charge on any atom is 0.303 e. The van der Waals surface area contributed by atoms with Crippen LogP contribution in [0.15, 0.2) is 35.6 Å². The van der Waals surface area contributed by atoms with Crippen LogP contribution in [0.25, 0.3) is 0 Å². The zero-order valence-electron chi connectivity index (χ0n) is 30.9. The fraction of sp³-hybridized carbons (Fsp3) is 0.737. The number of hydrogen-bond donors (Lipinski definition) is 6. The van der Waals surface area contributed by atoms with E-state index in [1.54, 1.807) is 33.8 Å². The summed E-state index contributed by atoms with van der Waals surface area (Å²) in [6, 6.07) is 0.